The third-order valence-electron chi connectivity index (χ3n) is 3.12. The standard InChI is InChI=1S/C20H34O4/c1-13(2)17-15(21-23-19(5,6)7)11-12-16(18(17)14(3)4)22-24-20(8,9)10/h11-14H,1-10H3. The molecular weight excluding hydrogens is 304 g/mol. The minimum Gasteiger partial charge on any atom is -0.337 e. The molecule has 0 aliphatic heterocycles. The van der Waals surface area contributed by atoms with Crippen LogP contribution in [0.15, 0.2) is 12.1 Å². The van der Waals surface area contributed by atoms with Gasteiger partial charge in [0.1, 0.15) is 11.2 Å². The quantitative estimate of drug-likeness (QED) is 0.460. The van der Waals surface area contributed by atoms with Crippen LogP contribution < -0.4 is 9.78 Å². The van der Waals surface area contributed by atoms with Gasteiger partial charge in [0.25, 0.3) is 0 Å². The van der Waals surface area contributed by atoms with E-state index in [1.807, 2.05) is 53.7 Å². The zero-order valence-electron chi connectivity index (χ0n) is 16.9. The first-order valence-corrected chi connectivity index (χ1v) is 8.70. The van der Waals surface area contributed by atoms with Crippen molar-refractivity contribution in [1.29, 1.82) is 0 Å². The first kappa shape index (κ1) is 20.8. The molecule has 0 saturated heterocycles. The van der Waals surface area contributed by atoms with Crippen molar-refractivity contribution < 1.29 is 19.6 Å². The Labute approximate surface area is 147 Å². The van der Waals surface area contributed by atoms with Gasteiger partial charge in [0, 0.05) is 11.1 Å². The highest BCUT2D eigenvalue weighted by Crippen LogP contribution is 2.41. The summed E-state index contributed by atoms with van der Waals surface area (Å²) < 4.78 is 0. The Balaban J connectivity index is 3.27. The predicted octanol–water partition coefficient (Wildman–Crippen LogP) is 6.15. The highest BCUT2D eigenvalue weighted by Gasteiger charge is 2.24. The van der Waals surface area contributed by atoms with Crippen LogP contribution in [0.5, 0.6) is 11.5 Å². The van der Waals surface area contributed by atoms with E-state index >= 15 is 0 Å². The summed E-state index contributed by atoms with van der Waals surface area (Å²) in [5, 5.41) is 0. The second-order valence-corrected chi connectivity index (χ2v) is 8.76. The molecule has 0 spiro atoms. The Morgan fingerprint density at radius 3 is 1.12 bits per heavy atom. The Kier molecular flexibility index (Phi) is 6.71. The van der Waals surface area contributed by atoms with Crippen LogP contribution in [-0.4, -0.2) is 11.2 Å². The summed E-state index contributed by atoms with van der Waals surface area (Å²) in [5.74, 6) is 1.98. The molecule has 4 heteroatoms. The molecule has 0 N–H and O–H groups in total. The van der Waals surface area contributed by atoms with Gasteiger partial charge in [0.15, 0.2) is 11.5 Å². The van der Waals surface area contributed by atoms with E-state index in [1.165, 1.54) is 0 Å². The van der Waals surface area contributed by atoms with Crippen LogP contribution in [0.3, 0.4) is 0 Å². The number of benzene rings is 1. The van der Waals surface area contributed by atoms with Crippen LogP contribution in [0.1, 0.15) is 92.2 Å². The third-order valence-corrected chi connectivity index (χ3v) is 3.12. The van der Waals surface area contributed by atoms with Gasteiger partial charge in [-0.05, 0) is 65.5 Å². The summed E-state index contributed by atoms with van der Waals surface area (Å²) >= 11 is 0. The number of hydrogen-bond donors (Lipinski definition) is 0. The molecule has 0 radical (unpaired) electrons. The number of hydrogen-bond acceptors (Lipinski definition) is 4. The van der Waals surface area contributed by atoms with E-state index < -0.39 is 0 Å². The lowest BCUT2D eigenvalue weighted by Gasteiger charge is -2.25. The molecule has 4 nitrogen and oxygen atoms in total. The summed E-state index contributed by atoms with van der Waals surface area (Å²) in [6.07, 6.45) is 0. The molecule has 0 saturated carbocycles. The molecule has 0 unspecified atom stereocenters. The van der Waals surface area contributed by atoms with Crippen molar-refractivity contribution in [1.82, 2.24) is 0 Å². The topological polar surface area (TPSA) is 36.9 Å². The van der Waals surface area contributed by atoms with E-state index in [2.05, 4.69) is 27.7 Å². The zero-order valence-corrected chi connectivity index (χ0v) is 16.9. The van der Waals surface area contributed by atoms with E-state index in [4.69, 9.17) is 19.6 Å². The minimum atomic E-state index is -0.378. The first-order valence-electron chi connectivity index (χ1n) is 8.70. The largest absolute Gasteiger partial charge is 0.337 e. The lowest BCUT2D eigenvalue weighted by Crippen LogP contribution is -2.23. The van der Waals surface area contributed by atoms with Crippen LogP contribution in [0.4, 0.5) is 0 Å². The average molecular weight is 338 g/mol. The van der Waals surface area contributed by atoms with Gasteiger partial charge in [0.05, 0.1) is 0 Å². The monoisotopic (exact) mass is 338 g/mol. The summed E-state index contributed by atoms with van der Waals surface area (Å²) in [6.45, 7) is 20.3. The van der Waals surface area contributed by atoms with Crippen molar-refractivity contribution in [2.45, 2.75) is 92.3 Å². The molecule has 0 aliphatic rings. The molecule has 1 aromatic rings. The highest BCUT2D eigenvalue weighted by molar-refractivity contribution is 5.51. The van der Waals surface area contributed by atoms with Gasteiger partial charge < -0.3 is 9.78 Å². The van der Waals surface area contributed by atoms with Gasteiger partial charge in [-0.2, -0.15) is 9.78 Å². The van der Waals surface area contributed by atoms with Gasteiger partial charge >= 0.3 is 0 Å². The fourth-order valence-electron chi connectivity index (χ4n) is 2.27. The summed E-state index contributed by atoms with van der Waals surface area (Å²) in [4.78, 5) is 22.4. The molecule has 24 heavy (non-hydrogen) atoms. The van der Waals surface area contributed by atoms with Crippen molar-refractivity contribution in [3.05, 3.63) is 23.3 Å². The summed E-state index contributed by atoms with van der Waals surface area (Å²) in [5.41, 5.74) is 1.42. The Morgan fingerprint density at radius 1 is 0.625 bits per heavy atom. The lowest BCUT2D eigenvalue weighted by atomic mass is 9.89. The van der Waals surface area contributed by atoms with Crippen LogP contribution in [0, 0.1) is 0 Å². The Morgan fingerprint density at radius 2 is 0.917 bits per heavy atom. The van der Waals surface area contributed by atoms with Crippen LogP contribution in [0.2, 0.25) is 0 Å². The van der Waals surface area contributed by atoms with Crippen molar-refractivity contribution in [3.63, 3.8) is 0 Å². The van der Waals surface area contributed by atoms with Crippen molar-refractivity contribution >= 4 is 0 Å². The maximum Gasteiger partial charge on any atom is 0.169 e. The average Bonchev–Trinajstić information content (AvgIpc) is 2.40. The molecule has 1 rings (SSSR count). The molecular formula is C20H34O4. The van der Waals surface area contributed by atoms with E-state index in [1.54, 1.807) is 0 Å². The van der Waals surface area contributed by atoms with Crippen LogP contribution in [0.25, 0.3) is 0 Å². The number of rotatable bonds is 6. The van der Waals surface area contributed by atoms with Gasteiger partial charge in [-0.1, -0.05) is 27.7 Å². The lowest BCUT2D eigenvalue weighted by molar-refractivity contribution is -0.277. The maximum absolute atomic E-state index is 5.66. The van der Waals surface area contributed by atoms with Crippen LogP contribution in [-0.2, 0) is 9.78 Å². The molecule has 1 aromatic carbocycles. The third kappa shape index (κ3) is 6.33. The van der Waals surface area contributed by atoms with E-state index in [-0.39, 0.29) is 23.0 Å². The summed E-state index contributed by atoms with van der Waals surface area (Å²) in [6, 6.07) is 3.77. The molecule has 0 atom stereocenters. The minimum absolute atomic E-state index is 0.263. The van der Waals surface area contributed by atoms with E-state index in [9.17, 15) is 0 Å². The Bertz CT molecular complexity index is 485. The molecule has 0 aromatic heterocycles. The molecule has 0 amide bonds. The fraction of sp³-hybridized carbons (Fsp3) is 0.700. The molecule has 138 valence electrons. The van der Waals surface area contributed by atoms with Gasteiger partial charge in [0.2, 0.25) is 0 Å². The van der Waals surface area contributed by atoms with Crippen LogP contribution >= 0.6 is 0 Å². The smallest absolute Gasteiger partial charge is 0.169 e. The second-order valence-electron chi connectivity index (χ2n) is 8.76. The molecule has 0 heterocycles. The van der Waals surface area contributed by atoms with Crippen molar-refractivity contribution in [2.75, 3.05) is 0 Å². The SMILES string of the molecule is CC(C)c1c(OOC(C)(C)C)ccc(OOC(C)(C)C)c1C(C)C. The highest BCUT2D eigenvalue weighted by atomic mass is 17.2. The second kappa shape index (κ2) is 7.75. The molecule has 0 aliphatic carbocycles. The van der Waals surface area contributed by atoms with Gasteiger partial charge in [-0.15, -0.1) is 0 Å². The first-order chi connectivity index (χ1) is 10.8. The van der Waals surface area contributed by atoms with E-state index in [0.717, 1.165) is 22.6 Å². The normalized spacial score (nSPS) is 12.8. The maximum atomic E-state index is 5.66. The fourth-order valence-corrected chi connectivity index (χ4v) is 2.27. The van der Waals surface area contributed by atoms with E-state index in [0.29, 0.717) is 0 Å². The predicted molar refractivity (Wildman–Crippen MR) is 97.6 cm³/mol. The van der Waals surface area contributed by atoms with Gasteiger partial charge in [-0.25, -0.2) is 0 Å². The molecule has 0 fully saturated rings. The Hall–Kier alpha value is -1.26. The van der Waals surface area contributed by atoms with Gasteiger partial charge in [-0.3, -0.25) is 0 Å². The van der Waals surface area contributed by atoms with Crippen molar-refractivity contribution in [3.8, 4) is 11.5 Å². The zero-order chi connectivity index (χ0) is 18.7. The summed E-state index contributed by atoms with van der Waals surface area (Å²) in [7, 11) is 0. The molecule has 0 bridgehead atoms. The van der Waals surface area contributed by atoms with Crippen molar-refractivity contribution in [2.24, 2.45) is 0 Å².